The summed E-state index contributed by atoms with van der Waals surface area (Å²) in [5.74, 6) is -0.593. The third-order valence-corrected chi connectivity index (χ3v) is 5.07. The minimum atomic E-state index is -0.359. The number of rotatable bonds is 5. The summed E-state index contributed by atoms with van der Waals surface area (Å²) in [4.78, 5) is 18.7. The molecule has 0 spiro atoms. The average molecular weight is 397 g/mol. The molecule has 1 aliphatic rings. The minimum Gasteiger partial charge on any atom is -0.395 e. The Bertz CT molecular complexity index is 1040. The van der Waals surface area contributed by atoms with Gasteiger partial charge in [0.2, 0.25) is 0 Å². The standard InChI is InChI=1S/C20H24FN7O/c1-13-12-28-17(11-25-13)18(22)19(26-28)20(29)24-5-4-14-2-3-16(15(21)10-14)27-8-6-23-7-9-27/h2-3,10-12,23H,4-9,22H2,1H3,(H,24,29). The Labute approximate surface area is 167 Å². The number of fused-ring (bicyclic) bond motifs is 1. The number of benzene rings is 1. The number of carbonyl (C=O) groups excluding carboxylic acids is 1. The van der Waals surface area contributed by atoms with Gasteiger partial charge in [0.15, 0.2) is 5.69 Å². The van der Waals surface area contributed by atoms with E-state index in [0.29, 0.717) is 29.9 Å². The molecule has 8 nitrogen and oxygen atoms in total. The average Bonchev–Trinajstić information content (AvgIpc) is 3.04. The molecule has 0 unspecified atom stereocenters. The number of piperazine rings is 1. The normalized spacial score (nSPS) is 14.3. The molecule has 0 saturated carbocycles. The fourth-order valence-corrected chi connectivity index (χ4v) is 3.50. The van der Waals surface area contributed by atoms with Crippen LogP contribution in [0.3, 0.4) is 0 Å². The van der Waals surface area contributed by atoms with Crippen molar-refractivity contribution in [3.63, 3.8) is 0 Å². The maximum absolute atomic E-state index is 14.5. The smallest absolute Gasteiger partial charge is 0.273 e. The number of aryl methyl sites for hydroxylation is 1. The summed E-state index contributed by atoms with van der Waals surface area (Å²) in [5.41, 5.74) is 9.31. The number of nitrogens with two attached hydrogens (primary N) is 1. The lowest BCUT2D eigenvalue weighted by atomic mass is 10.1. The molecule has 9 heteroatoms. The van der Waals surface area contributed by atoms with Crippen molar-refractivity contribution in [1.82, 2.24) is 25.2 Å². The highest BCUT2D eigenvalue weighted by Crippen LogP contribution is 2.21. The zero-order valence-corrected chi connectivity index (χ0v) is 16.3. The largest absolute Gasteiger partial charge is 0.395 e. The van der Waals surface area contributed by atoms with Gasteiger partial charge in [0.1, 0.15) is 11.3 Å². The predicted octanol–water partition coefficient (Wildman–Crippen LogP) is 1.14. The number of hydrogen-bond acceptors (Lipinski definition) is 6. The number of nitrogens with one attached hydrogen (secondary N) is 2. The van der Waals surface area contributed by atoms with E-state index < -0.39 is 0 Å². The van der Waals surface area contributed by atoms with Crippen LogP contribution in [0.1, 0.15) is 21.7 Å². The van der Waals surface area contributed by atoms with Gasteiger partial charge in [-0.15, -0.1) is 0 Å². The van der Waals surface area contributed by atoms with Crippen LogP contribution in [0, 0.1) is 12.7 Å². The SMILES string of the molecule is Cc1cn2nc(C(=O)NCCc3ccc(N4CCNCC4)c(F)c3)c(N)c2cn1. The highest BCUT2D eigenvalue weighted by Gasteiger charge is 2.18. The summed E-state index contributed by atoms with van der Waals surface area (Å²) in [6.45, 7) is 5.49. The van der Waals surface area contributed by atoms with Crippen molar-refractivity contribution in [3.05, 3.63) is 53.4 Å². The van der Waals surface area contributed by atoms with Crippen LogP contribution in [-0.2, 0) is 6.42 Å². The van der Waals surface area contributed by atoms with Crippen molar-refractivity contribution in [2.45, 2.75) is 13.3 Å². The van der Waals surface area contributed by atoms with E-state index in [-0.39, 0.29) is 17.4 Å². The third-order valence-electron chi connectivity index (χ3n) is 5.07. The van der Waals surface area contributed by atoms with Gasteiger partial charge in [-0.05, 0) is 31.0 Å². The van der Waals surface area contributed by atoms with Crippen molar-refractivity contribution < 1.29 is 9.18 Å². The molecule has 1 aromatic carbocycles. The first-order chi connectivity index (χ1) is 14.0. The van der Waals surface area contributed by atoms with E-state index in [2.05, 4.69) is 20.7 Å². The Balaban J connectivity index is 1.38. The van der Waals surface area contributed by atoms with Crippen molar-refractivity contribution in [2.75, 3.05) is 43.4 Å². The van der Waals surface area contributed by atoms with E-state index in [1.807, 2.05) is 24.0 Å². The lowest BCUT2D eigenvalue weighted by Gasteiger charge is -2.29. The number of nitrogen functional groups attached to an aromatic ring is 1. The van der Waals surface area contributed by atoms with Gasteiger partial charge in [0.05, 0.1) is 29.5 Å². The Morgan fingerprint density at radius 1 is 1.34 bits per heavy atom. The van der Waals surface area contributed by atoms with Gasteiger partial charge in [0, 0.05) is 32.7 Å². The molecule has 3 aromatic rings. The molecule has 0 radical (unpaired) electrons. The topological polar surface area (TPSA) is 101 Å². The molecule has 3 heterocycles. The van der Waals surface area contributed by atoms with Crippen LogP contribution in [0.15, 0.2) is 30.6 Å². The molecule has 1 amide bonds. The van der Waals surface area contributed by atoms with E-state index in [1.165, 1.54) is 6.07 Å². The molecule has 29 heavy (non-hydrogen) atoms. The summed E-state index contributed by atoms with van der Waals surface area (Å²) < 4.78 is 16.1. The predicted molar refractivity (Wildman–Crippen MR) is 110 cm³/mol. The number of hydrogen-bond donors (Lipinski definition) is 3. The summed E-state index contributed by atoms with van der Waals surface area (Å²) in [7, 11) is 0. The highest BCUT2D eigenvalue weighted by molar-refractivity contribution is 6.00. The fraction of sp³-hybridized carbons (Fsp3) is 0.350. The van der Waals surface area contributed by atoms with E-state index in [1.54, 1.807) is 16.9 Å². The van der Waals surface area contributed by atoms with E-state index in [0.717, 1.165) is 37.4 Å². The van der Waals surface area contributed by atoms with Gasteiger partial charge in [-0.25, -0.2) is 8.91 Å². The molecule has 1 saturated heterocycles. The van der Waals surface area contributed by atoms with Gasteiger partial charge in [-0.1, -0.05) is 6.07 Å². The van der Waals surface area contributed by atoms with Gasteiger partial charge in [-0.2, -0.15) is 5.10 Å². The second kappa shape index (κ2) is 8.04. The Hall–Kier alpha value is -3.20. The number of amides is 1. The van der Waals surface area contributed by atoms with E-state index in [9.17, 15) is 9.18 Å². The summed E-state index contributed by atoms with van der Waals surface area (Å²) in [5, 5.41) is 10.3. The zero-order chi connectivity index (χ0) is 20.4. The van der Waals surface area contributed by atoms with Gasteiger partial charge in [0.25, 0.3) is 5.91 Å². The molecule has 152 valence electrons. The first-order valence-electron chi connectivity index (χ1n) is 9.65. The molecule has 4 N–H and O–H groups in total. The second-order valence-corrected chi connectivity index (χ2v) is 7.15. The summed E-state index contributed by atoms with van der Waals surface area (Å²) >= 11 is 0. The summed E-state index contributed by atoms with van der Waals surface area (Å²) in [6, 6.07) is 5.25. The second-order valence-electron chi connectivity index (χ2n) is 7.15. The molecule has 4 rings (SSSR count). The molecule has 1 fully saturated rings. The number of carbonyl (C=O) groups is 1. The quantitative estimate of drug-likeness (QED) is 0.597. The van der Waals surface area contributed by atoms with Crippen molar-refractivity contribution >= 4 is 22.8 Å². The third kappa shape index (κ3) is 4.00. The van der Waals surface area contributed by atoms with Crippen LogP contribution in [-0.4, -0.2) is 53.2 Å². The molecular weight excluding hydrogens is 373 g/mol. The van der Waals surface area contributed by atoms with Crippen molar-refractivity contribution in [3.8, 4) is 0 Å². The number of nitrogens with zero attached hydrogens (tertiary/aromatic N) is 4. The van der Waals surface area contributed by atoms with Crippen LogP contribution in [0.4, 0.5) is 15.8 Å². The van der Waals surface area contributed by atoms with Crippen LogP contribution < -0.4 is 21.3 Å². The first kappa shape index (κ1) is 19.1. The molecular formula is C20H24FN7O. The number of anilines is 2. The van der Waals surface area contributed by atoms with Crippen LogP contribution in [0.25, 0.3) is 5.52 Å². The Morgan fingerprint density at radius 3 is 2.90 bits per heavy atom. The Morgan fingerprint density at radius 2 is 2.14 bits per heavy atom. The van der Waals surface area contributed by atoms with E-state index in [4.69, 9.17) is 5.73 Å². The molecule has 0 bridgehead atoms. The lowest BCUT2D eigenvalue weighted by molar-refractivity contribution is 0.0949. The van der Waals surface area contributed by atoms with Crippen molar-refractivity contribution in [1.29, 1.82) is 0 Å². The molecule has 0 aliphatic carbocycles. The number of aromatic nitrogens is 3. The maximum Gasteiger partial charge on any atom is 0.273 e. The van der Waals surface area contributed by atoms with Gasteiger partial charge in [-0.3, -0.25) is 9.78 Å². The number of halogens is 1. The minimum absolute atomic E-state index is 0.164. The van der Waals surface area contributed by atoms with Crippen LogP contribution >= 0.6 is 0 Å². The van der Waals surface area contributed by atoms with Crippen LogP contribution in [0.5, 0.6) is 0 Å². The van der Waals surface area contributed by atoms with Crippen molar-refractivity contribution in [2.24, 2.45) is 0 Å². The van der Waals surface area contributed by atoms with Gasteiger partial charge >= 0.3 is 0 Å². The van der Waals surface area contributed by atoms with E-state index >= 15 is 0 Å². The highest BCUT2D eigenvalue weighted by atomic mass is 19.1. The zero-order valence-electron chi connectivity index (χ0n) is 16.3. The molecule has 1 aliphatic heterocycles. The van der Waals surface area contributed by atoms with Crippen LogP contribution in [0.2, 0.25) is 0 Å². The van der Waals surface area contributed by atoms with Gasteiger partial charge < -0.3 is 21.3 Å². The fourth-order valence-electron chi connectivity index (χ4n) is 3.50. The lowest BCUT2D eigenvalue weighted by Crippen LogP contribution is -2.43. The molecule has 0 atom stereocenters. The maximum atomic E-state index is 14.5. The summed E-state index contributed by atoms with van der Waals surface area (Å²) in [6.07, 6.45) is 3.82. The Kier molecular flexibility index (Phi) is 5.30. The molecule has 2 aromatic heterocycles. The first-order valence-corrected chi connectivity index (χ1v) is 9.65. The monoisotopic (exact) mass is 397 g/mol.